The molecule has 0 bridgehead atoms. The number of carbonyl (C=O) groups is 1. The maximum atomic E-state index is 12.7. The van der Waals surface area contributed by atoms with Crippen molar-refractivity contribution in [2.24, 2.45) is 11.8 Å². The van der Waals surface area contributed by atoms with Crippen LogP contribution in [0.3, 0.4) is 0 Å². The largest absolute Gasteiger partial charge is 0.497 e. The summed E-state index contributed by atoms with van der Waals surface area (Å²) in [5.41, 5.74) is 1.57. The molecule has 1 saturated carbocycles. The number of thiophene rings is 1. The van der Waals surface area contributed by atoms with Crippen LogP contribution in [0.15, 0.2) is 40.5 Å². The molecular formula is C21H23N3O3S2. The number of fused-ring (bicyclic) bond motifs is 1. The highest BCUT2D eigenvalue weighted by molar-refractivity contribution is 7.71. The van der Waals surface area contributed by atoms with Crippen LogP contribution in [0.2, 0.25) is 0 Å². The van der Waals surface area contributed by atoms with Crippen molar-refractivity contribution in [2.75, 3.05) is 12.4 Å². The van der Waals surface area contributed by atoms with Crippen molar-refractivity contribution in [2.45, 2.75) is 32.2 Å². The number of nitrogens with zero attached hydrogens (tertiary/aromatic N) is 1. The predicted octanol–water partition coefficient (Wildman–Crippen LogP) is 4.57. The molecule has 1 aliphatic rings. The number of ether oxygens (including phenoxy) is 1. The van der Waals surface area contributed by atoms with Gasteiger partial charge in [0, 0.05) is 18.2 Å². The number of aromatic amines is 1. The maximum absolute atomic E-state index is 12.7. The topological polar surface area (TPSA) is 76.1 Å². The lowest BCUT2D eigenvalue weighted by Crippen LogP contribution is -2.31. The second kappa shape index (κ2) is 8.51. The first-order valence-corrected chi connectivity index (χ1v) is 11.0. The Balaban J connectivity index is 1.36. The molecule has 1 aromatic carbocycles. The molecule has 0 atom stereocenters. The van der Waals surface area contributed by atoms with Crippen LogP contribution < -0.4 is 15.6 Å². The van der Waals surface area contributed by atoms with Crippen molar-refractivity contribution < 1.29 is 9.53 Å². The zero-order chi connectivity index (χ0) is 20.4. The number of H-pyrrole nitrogens is 1. The van der Waals surface area contributed by atoms with Crippen molar-refractivity contribution in [3.8, 4) is 5.75 Å². The Morgan fingerprint density at radius 3 is 2.66 bits per heavy atom. The zero-order valence-electron chi connectivity index (χ0n) is 16.1. The van der Waals surface area contributed by atoms with E-state index in [1.807, 2.05) is 35.7 Å². The predicted molar refractivity (Wildman–Crippen MR) is 118 cm³/mol. The first kappa shape index (κ1) is 19.8. The van der Waals surface area contributed by atoms with Gasteiger partial charge in [0.15, 0.2) is 4.77 Å². The van der Waals surface area contributed by atoms with Crippen LogP contribution in [-0.4, -0.2) is 22.6 Å². The highest BCUT2D eigenvalue weighted by Crippen LogP contribution is 2.31. The van der Waals surface area contributed by atoms with Crippen LogP contribution in [0, 0.1) is 16.6 Å². The minimum atomic E-state index is -0.0156. The minimum Gasteiger partial charge on any atom is -0.497 e. The third-order valence-electron chi connectivity index (χ3n) is 5.61. The maximum Gasteiger partial charge on any atom is 0.272 e. The average molecular weight is 430 g/mol. The number of anilines is 1. The lowest BCUT2D eigenvalue weighted by molar-refractivity contribution is -0.121. The molecule has 29 heavy (non-hydrogen) atoms. The minimum absolute atomic E-state index is 0.000570. The molecule has 0 spiro atoms. The number of hydrogen-bond donors (Lipinski definition) is 2. The van der Waals surface area contributed by atoms with Gasteiger partial charge in [0.05, 0.1) is 12.6 Å². The third kappa shape index (κ3) is 4.28. The summed E-state index contributed by atoms with van der Waals surface area (Å²) in [4.78, 5) is 28.5. The highest BCUT2D eigenvalue weighted by atomic mass is 32.1. The number of aromatic nitrogens is 2. The van der Waals surface area contributed by atoms with Gasteiger partial charge in [-0.3, -0.25) is 14.2 Å². The van der Waals surface area contributed by atoms with Crippen molar-refractivity contribution in [3.63, 3.8) is 0 Å². The smallest absolute Gasteiger partial charge is 0.272 e. The highest BCUT2D eigenvalue weighted by Gasteiger charge is 2.27. The van der Waals surface area contributed by atoms with Gasteiger partial charge in [0.2, 0.25) is 5.91 Å². The van der Waals surface area contributed by atoms with Crippen LogP contribution in [0.5, 0.6) is 5.75 Å². The van der Waals surface area contributed by atoms with Crippen molar-refractivity contribution >= 4 is 45.4 Å². The average Bonchev–Trinajstić information content (AvgIpc) is 3.20. The number of hydrogen-bond acceptors (Lipinski definition) is 5. The van der Waals surface area contributed by atoms with Crippen LogP contribution in [0.25, 0.3) is 10.2 Å². The summed E-state index contributed by atoms with van der Waals surface area (Å²) in [5, 5.41) is 4.89. The van der Waals surface area contributed by atoms with E-state index in [1.54, 1.807) is 11.7 Å². The Morgan fingerprint density at radius 2 is 1.97 bits per heavy atom. The summed E-state index contributed by atoms with van der Waals surface area (Å²) >= 11 is 6.83. The van der Waals surface area contributed by atoms with Gasteiger partial charge < -0.3 is 15.0 Å². The van der Waals surface area contributed by atoms with Gasteiger partial charge in [-0.05, 0) is 79.5 Å². The van der Waals surface area contributed by atoms with E-state index in [-0.39, 0.29) is 17.4 Å². The van der Waals surface area contributed by atoms with Gasteiger partial charge in [0.25, 0.3) is 5.56 Å². The molecule has 6 nitrogen and oxygen atoms in total. The molecule has 152 valence electrons. The van der Waals surface area contributed by atoms with Gasteiger partial charge in [-0.2, -0.15) is 0 Å². The number of carbonyl (C=O) groups excluding carboxylic acids is 1. The molecular weight excluding hydrogens is 406 g/mol. The molecule has 1 fully saturated rings. The molecule has 0 radical (unpaired) electrons. The van der Waals surface area contributed by atoms with Crippen LogP contribution in [0.1, 0.15) is 25.7 Å². The molecule has 1 aliphatic carbocycles. The molecule has 0 aliphatic heterocycles. The summed E-state index contributed by atoms with van der Waals surface area (Å²) in [6.45, 7) is 0.606. The fraction of sp³-hybridized carbons (Fsp3) is 0.381. The van der Waals surface area contributed by atoms with E-state index in [9.17, 15) is 9.59 Å². The molecule has 3 aromatic rings. The Morgan fingerprint density at radius 1 is 1.24 bits per heavy atom. The number of methoxy groups -OCH3 is 1. The molecule has 8 heteroatoms. The van der Waals surface area contributed by atoms with E-state index >= 15 is 0 Å². The fourth-order valence-corrected chi connectivity index (χ4v) is 4.99. The van der Waals surface area contributed by atoms with E-state index in [4.69, 9.17) is 17.0 Å². The summed E-state index contributed by atoms with van der Waals surface area (Å²) < 4.78 is 8.00. The van der Waals surface area contributed by atoms with E-state index < -0.39 is 0 Å². The van der Waals surface area contributed by atoms with Crippen molar-refractivity contribution in [3.05, 3.63) is 50.8 Å². The van der Waals surface area contributed by atoms with Crippen LogP contribution in [0.4, 0.5) is 5.69 Å². The van der Waals surface area contributed by atoms with E-state index in [1.165, 1.54) is 11.3 Å². The lowest BCUT2D eigenvalue weighted by Gasteiger charge is -2.28. The summed E-state index contributed by atoms with van der Waals surface area (Å²) in [5.74, 6) is 1.17. The number of benzene rings is 1. The van der Waals surface area contributed by atoms with Crippen LogP contribution in [-0.2, 0) is 11.3 Å². The first-order valence-electron chi connectivity index (χ1n) is 9.70. The molecule has 2 aromatic heterocycles. The van der Waals surface area contributed by atoms with Crippen molar-refractivity contribution in [1.29, 1.82) is 0 Å². The van der Waals surface area contributed by atoms with Crippen LogP contribution >= 0.6 is 23.6 Å². The third-order valence-corrected chi connectivity index (χ3v) is 6.83. The first-order chi connectivity index (χ1) is 14.0. The Labute approximate surface area is 177 Å². The van der Waals surface area contributed by atoms with Gasteiger partial charge >= 0.3 is 0 Å². The number of rotatable bonds is 5. The van der Waals surface area contributed by atoms with Gasteiger partial charge in [-0.25, -0.2) is 0 Å². The molecule has 1 amide bonds. The standard InChI is InChI=1S/C21H23N3O3S2/c1-27-16-8-6-15(7-9-16)22-19(25)14-4-2-13(3-5-14)12-24-20(26)18-17(10-11-29-18)23-21(24)28/h6-11,13-14H,2-5,12H2,1H3,(H,22,25)(H,23,28). The quantitative estimate of drug-likeness (QED) is 0.583. The molecule has 2 N–H and O–H groups in total. The second-order valence-electron chi connectivity index (χ2n) is 7.44. The Bertz CT molecular complexity index is 1120. The molecule has 2 heterocycles. The van der Waals surface area contributed by atoms with E-state index in [2.05, 4.69) is 10.3 Å². The zero-order valence-corrected chi connectivity index (χ0v) is 17.8. The van der Waals surface area contributed by atoms with Gasteiger partial charge in [0.1, 0.15) is 10.4 Å². The number of amides is 1. The van der Waals surface area contributed by atoms with Gasteiger partial charge in [-0.15, -0.1) is 11.3 Å². The SMILES string of the molecule is COc1ccc(NC(=O)C2CCC(Cn3c(=S)[nH]c4ccsc4c3=O)CC2)cc1. The molecule has 4 rings (SSSR count). The molecule has 0 unspecified atom stereocenters. The Hall–Kier alpha value is -2.45. The fourth-order valence-electron chi connectivity index (χ4n) is 3.92. The normalized spacial score (nSPS) is 19.2. The number of nitrogens with one attached hydrogen (secondary N) is 2. The second-order valence-corrected chi connectivity index (χ2v) is 8.75. The summed E-state index contributed by atoms with van der Waals surface area (Å²) in [6.07, 6.45) is 3.45. The monoisotopic (exact) mass is 429 g/mol. The molecule has 0 saturated heterocycles. The van der Waals surface area contributed by atoms with Crippen molar-refractivity contribution in [1.82, 2.24) is 9.55 Å². The van der Waals surface area contributed by atoms with Gasteiger partial charge in [-0.1, -0.05) is 0 Å². The summed E-state index contributed by atoms with van der Waals surface area (Å²) in [7, 11) is 1.62. The lowest BCUT2D eigenvalue weighted by atomic mass is 9.81. The summed E-state index contributed by atoms with van der Waals surface area (Å²) in [6, 6.07) is 9.23. The van der Waals surface area contributed by atoms with E-state index in [0.717, 1.165) is 42.6 Å². The van der Waals surface area contributed by atoms with E-state index in [0.29, 0.717) is 21.9 Å². The Kier molecular flexibility index (Phi) is 5.82.